The second-order valence-electron chi connectivity index (χ2n) is 5.63. The highest BCUT2D eigenvalue weighted by atomic mass is 35.5. The number of halogens is 1. The molecule has 0 aromatic carbocycles. The van der Waals surface area contributed by atoms with Crippen molar-refractivity contribution in [1.29, 1.82) is 0 Å². The van der Waals surface area contributed by atoms with Crippen molar-refractivity contribution in [2.75, 3.05) is 18.0 Å². The molecule has 7 heteroatoms. The third-order valence-corrected chi connectivity index (χ3v) is 4.81. The molecular formula is C13H17ClN4O2. The number of anilines is 1. The van der Waals surface area contributed by atoms with E-state index in [0.29, 0.717) is 11.7 Å². The van der Waals surface area contributed by atoms with E-state index < -0.39 is 4.92 Å². The van der Waals surface area contributed by atoms with E-state index in [4.69, 9.17) is 11.6 Å². The van der Waals surface area contributed by atoms with Gasteiger partial charge in [0.2, 0.25) is 11.0 Å². The summed E-state index contributed by atoms with van der Waals surface area (Å²) in [6, 6.07) is 0. The molecule has 2 aliphatic rings. The Morgan fingerprint density at radius 2 is 2.00 bits per heavy atom. The molecule has 2 unspecified atom stereocenters. The maximum absolute atomic E-state index is 11.2. The molecule has 1 saturated heterocycles. The number of hydrogen-bond acceptors (Lipinski definition) is 5. The summed E-state index contributed by atoms with van der Waals surface area (Å²) in [7, 11) is 0. The molecule has 0 radical (unpaired) electrons. The lowest BCUT2D eigenvalue weighted by molar-refractivity contribution is -0.384. The molecule has 0 amide bonds. The number of fused-ring (bicyclic) bond motifs is 1. The number of nitrogens with zero attached hydrogens (tertiary/aromatic N) is 4. The van der Waals surface area contributed by atoms with Crippen molar-refractivity contribution in [1.82, 2.24) is 9.97 Å². The van der Waals surface area contributed by atoms with Crippen LogP contribution in [0.25, 0.3) is 0 Å². The standard InChI is InChI=1S/C13H17ClN4O2/c14-12-11(18(19)20)13(16-8-15-12)17-6-5-9-3-1-2-4-10(9)7-17/h8-10H,1-7H2. The molecular weight excluding hydrogens is 280 g/mol. The number of nitro groups is 1. The number of rotatable bonds is 2. The van der Waals surface area contributed by atoms with Crippen LogP contribution in [0.2, 0.25) is 5.15 Å². The first-order valence-corrected chi connectivity index (χ1v) is 7.44. The Balaban J connectivity index is 1.86. The Morgan fingerprint density at radius 3 is 2.75 bits per heavy atom. The molecule has 1 aliphatic heterocycles. The zero-order chi connectivity index (χ0) is 14.1. The van der Waals surface area contributed by atoms with Crippen LogP contribution in [-0.2, 0) is 0 Å². The zero-order valence-corrected chi connectivity index (χ0v) is 11.9. The van der Waals surface area contributed by atoms with Gasteiger partial charge in [-0.25, -0.2) is 9.97 Å². The smallest absolute Gasteiger partial charge is 0.348 e. The summed E-state index contributed by atoms with van der Waals surface area (Å²) in [5.74, 6) is 1.78. The fourth-order valence-electron chi connectivity index (χ4n) is 3.53. The molecule has 2 heterocycles. The second-order valence-corrected chi connectivity index (χ2v) is 5.99. The van der Waals surface area contributed by atoms with E-state index in [9.17, 15) is 10.1 Å². The lowest BCUT2D eigenvalue weighted by atomic mass is 9.75. The SMILES string of the molecule is O=[N+]([O-])c1c(Cl)ncnc1N1CCC2CCCCC2C1. The maximum atomic E-state index is 11.2. The van der Waals surface area contributed by atoms with Gasteiger partial charge in [-0.1, -0.05) is 30.9 Å². The third-order valence-electron chi connectivity index (χ3n) is 4.53. The van der Waals surface area contributed by atoms with Gasteiger partial charge in [0.15, 0.2) is 0 Å². The van der Waals surface area contributed by atoms with Crippen LogP contribution in [0.5, 0.6) is 0 Å². The summed E-state index contributed by atoms with van der Waals surface area (Å²) in [4.78, 5) is 20.5. The molecule has 1 aromatic heterocycles. The lowest BCUT2D eigenvalue weighted by Gasteiger charge is -2.41. The predicted octanol–water partition coefficient (Wildman–Crippen LogP) is 3.05. The largest absolute Gasteiger partial charge is 0.350 e. The minimum Gasteiger partial charge on any atom is -0.350 e. The maximum Gasteiger partial charge on any atom is 0.348 e. The Bertz CT molecular complexity index is 525. The third kappa shape index (κ3) is 2.44. The molecule has 20 heavy (non-hydrogen) atoms. The summed E-state index contributed by atoms with van der Waals surface area (Å²) in [5.41, 5.74) is -0.163. The normalized spacial score (nSPS) is 26.1. The van der Waals surface area contributed by atoms with Crippen molar-refractivity contribution < 1.29 is 4.92 Å². The first kappa shape index (κ1) is 13.5. The van der Waals surface area contributed by atoms with Crippen LogP contribution in [0.15, 0.2) is 6.33 Å². The average Bonchev–Trinajstić information content (AvgIpc) is 2.46. The van der Waals surface area contributed by atoms with Crippen LogP contribution < -0.4 is 4.90 Å². The molecule has 1 aliphatic carbocycles. The topological polar surface area (TPSA) is 72.2 Å². The number of aromatic nitrogens is 2. The molecule has 0 N–H and O–H groups in total. The summed E-state index contributed by atoms with van der Waals surface area (Å²) < 4.78 is 0. The van der Waals surface area contributed by atoms with E-state index in [1.165, 1.54) is 32.0 Å². The monoisotopic (exact) mass is 296 g/mol. The van der Waals surface area contributed by atoms with Gasteiger partial charge in [-0.3, -0.25) is 10.1 Å². The molecule has 108 valence electrons. The van der Waals surface area contributed by atoms with Gasteiger partial charge in [0.05, 0.1) is 4.92 Å². The van der Waals surface area contributed by atoms with E-state index in [0.717, 1.165) is 25.4 Å². The van der Waals surface area contributed by atoms with E-state index in [2.05, 4.69) is 9.97 Å². The highest BCUT2D eigenvalue weighted by molar-refractivity contribution is 6.31. The molecule has 0 spiro atoms. The van der Waals surface area contributed by atoms with Gasteiger partial charge in [0.25, 0.3) is 0 Å². The Kier molecular flexibility index (Phi) is 3.74. The molecule has 1 saturated carbocycles. The molecule has 1 aromatic rings. The van der Waals surface area contributed by atoms with Gasteiger partial charge >= 0.3 is 5.69 Å². The van der Waals surface area contributed by atoms with Crippen LogP contribution in [0, 0.1) is 22.0 Å². The van der Waals surface area contributed by atoms with Crippen LogP contribution in [0.3, 0.4) is 0 Å². The van der Waals surface area contributed by atoms with Gasteiger partial charge in [0, 0.05) is 13.1 Å². The molecule has 0 bridgehead atoms. The Hall–Kier alpha value is -1.43. The zero-order valence-electron chi connectivity index (χ0n) is 11.2. The van der Waals surface area contributed by atoms with Gasteiger partial charge in [-0.2, -0.15) is 0 Å². The van der Waals surface area contributed by atoms with Crippen molar-refractivity contribution in [2.45, 2.75) is 32.1 Å². The van der Waals surface area contributed by atoms with E-state index >= 15 is 0 Å². The van der Waals surface area contributed by atoms with Crippen molar-refractivity contribution in [2.24, 2.45) is 11.8 Å². The van der Waals surface area contributed by atoms with Crippen LogP contribution in [0.4, 0.5) is 11.5 Å². The highest BCUT2D eigenvalue weighted by Crippen LogP contribution is 2.39. The summed E-state index contributed by atoms with van der Waals surface area (Å²) in [5, 5.41) is 11.1. The summed E-state index contributed by atoms with van der Waals surface area (Å²) >= 11 is 5.86. The second kappa shape index (κ2) is 5.52. The number of piperidine rings is 1. The van der Waals surface area contributed by atoms with E-state index in [-0.39, 0.29) is 10.8 Å². The van der Waals surface area contributed by atoms with E-state index in [1.54, 1.807) is 0 Å². The van der Waals surface area contributed by atoms with Crippen molar-refractivity contribution >= 4 is 23.1 Å². The predicted molar refractivity (Wildman–Crippen MR) is 76.0 cm³/mol. The fourth-order valence-corrected chi connectivity index (χ4v) is 3.73. The van der Waals surface area contributed by atoms with Gasteiger partial charge < -0.3 is 4.90 Å². The molecule has 3 rings (SSSR count). The first-order valence-electron chi connectivity index (χ1n) is 7.06. The van der Waals surface area contributed by atoms with Crippen LogP contribution in [0.1, 0.15) is 32.1 Å². The minimum absolute atomic E-state index is 0.0780. The highest BCUT2D eigenvalue weighted by Gasteiger charge is 2.35. The molecule has 2 atom stereocenters. The van der Waals surface area contributed by atoms with Crippen LogP contribution >= 0.6 is 11.6 Å². The van der Waals surface area contributed by atoms with Gasteiger partial charge in [0.1, 0.15) is 6.33 Å². The van der Waals surface area contributed by atoms with Crippen molar-refractivity contribution in [3.63, 3.8) is 0 Å². The van der Waals surface area contributed by atoms with Crippen LogP contribution in [-0.4, -0.2) is 28.0 Å². The average molecular weight is 297 g/mol. The minimum atomic E-state index is -0.482. The van der Waals surface area contributed by atoms with E-state index in [1.807, 2.05) is 4.90 Å². The lowest BCUT2D eigenvalue weighted by Crippen LogP contribution is -2.42. The number of hydrogen-bond donors (Lipinski definition) is 0. The van der Waals surface area contributed by atoms with Gasteiger partial charge in [-0.15, -0.1) is 0 Å². The Morgan fingerprint density at radius 1 is 1.25 bits per heavy atom. The first-order chi connectivity index (χ1) is 9.66. The quantitative estimate of drug-likeness (QED) is 0.476. The molecule has 6 nitrogen and oxygen atoms in total. The van der Waals surface area contributed by atoms with Crippen molar-refractivity contribution in [3.05, 3.63) is 21.6 Å². The van der Waals surface area contributed by atoms with Crippen molar-refractivity contribution in [3.8, 4) is 0 Å². The fraction of sp³-hybridized carbons (Fsp3) is 0.692. The molecule has 2 fully saturated rings. The van der Waals surface area contributed by atoms with Gasteiger partial charge in [-0.05, 0) is 24.7 Å². The summed E-state index contributed by atoms with van der Waals surface area (Å²) in [6.07, 6.45) is 7.49. The summed E-state index contributed by atoms with van der Waals surface area (Å²) in [6.45, 7) is 1.66. The Labute approximate surface area is 122 Å².